The van der Waals surface area contributed by atoms with Crippen LogP contribution in [0.5, 0.6) is 0 Å². The second-order valence-corrected chi connectivity index (χ2v) is 6.99. The number of halogens is 1. The summed E-state index contributed by atoms with van der Waals surface area (Å²) < 4.78 is 18.7. The lowest BCUT2D eigenvalue weighted by molar-refractivity contribution is -0.139. The zero-order valence-corrected chi connectivity index (χ0v) is 16.3. The van der Waals surface area contributed by atoms with Gasteiger partial charge in [-0.2, -0.15) is 0 Å². The predicted molar refractivity (Wildman–Crippen MR) is 107 cm³/mol. The highest BCUT2D eigenvalue weighted by Gasteiger charge is 2.21. The van der Waals surface area contributed by atoms with Crippen molar-refractivity contribution in [3.63, 3.8) is 0 Å². The quantitative estimate of drug-likeness (QED) is 0.552. The fourth-order valence-electron chi connectivity index (χ4n) is 3.22. The van der Waals surface area contributed by atoms with Crippen LogP contribution in [0, 0.1) is 5.82 Å². The van der Waals surface area contributed by atoms with E-state index in [2.05, 4.69) is 27.7 Å². The minimum Gasteiger partial charge on any atom is -0.371 e. The van der Waals surface area contributed by atoms with Crippen LogP contribution in [0.25, 0.3) is 0 Å². The van der Waals surface area contributed by atoms with E-state index in [0.29, 0.717) is 13.2 Å². The van der Waals surface area contributed by atoms with Gasteiger partial charge in [0.2, 0.25) is 0 Å². The molecule has 1 atom stereocenters. The van der Waals surface area contributed by atoms with Crippen molar-refractivity contribution in [2.75, 3.05) is 32.8 Å². The molecule has 1 saturated heterocycles. The number of hydrogen-bond donors (Lipinski definition) is 2. The zero-order chi connectivity index (χ0) is 20.5. The summed E-state index contributed by atoms with van der Waals surface area (Å²) >= 11 is 0. The minimum absolute atomic E-state index is 0.0665. The molecule has 1 aliphatic rings. The largest absolute Gasteiger partial charge is 0.371 e. The van der Waals surface area contributed by atoms with Crippen LogP contribution in [0.1, 0.15) is 23.7 Å². The van der Waals surface area contributed by atoms with Crippen LogP contribution in [0.4, 0.5) is 4.39 Å². The van der Waals surface area contributed by atoms with Gasteiger partial charge in [0.1, 0.15) is 5.82 Å². The fraction of sp³-hybridized carbons (Fsp3) is 0.364. The first-order valence-electron chi connectivity index (χ1n) is 9.81. The Hall–Kier alpha value is -2.77. The summed E-state index contributed by atoms with van der Waals surface area (Å²) in [6.45, 7) is 3.78. The van der Waals surface area contributed by atoms with Crippen LogP contribution in [0.3, 0.4) is 0 Å². The van der Waals surface area contributed by atoms with E-state index in [9.17, 15) is 14.0 Å². The number of rotatable bonds is 7. The Morgan fingerprint density at radius 2 is 1.76 bits per heavy atom. The van der Waals surface area contributed by atoms with Crippen molar-refractivity contribution in [2.24, 2.45) is 0 Å². The van der Waals surface area contributed by atoms with Crippen molar-refractivity contribution < 1.29 is 18.7 Å². The molecule has 1 aliphatic heterocycles. The third kappa shape index (κ3) is 6.66. The van der Waals surface area contributed by atoms with Crippen molar-refractivity contribution in [3.8, 4) is 0 Å². The Kier molecular flexibility index (Phi) is 7.72. The highest BCUT2D eigenvalue weighted by Crippen LogP contribution is 2.21. The molecule has 29 heavy (non-hydrogen) atoms. The zero-order valence-electron chi connectivity index (χ0n) is 16.3. The van der Waals surface area contributed by atoms with E-state index in [4.69, 9.17) is 4.74 Å². The van der Waals surface area contributed by atoms with Crippen molar-refractivity contribution in [2.45, 2.75) is 19.1 Å². The molecule has 154 valence electrons. The summed E-state index contributed by atoms with van der Waals surface area (Å²) in [6.07, 6.45) is 0.815. The molecule has 3 rings (SSSR count). The van der Waals surface area contributed by atoms with Gasteiger partial charge in [-0.1, -0.05) is 42.5 Å². The van der Waals surface area contributed by atoms with Gasteiger partial charge in [-0.3, -0.25) is 14.5 Å². The van der Waals surface area contributed by atoms with Gasteiger partial charge in [-0.05, 0) is 29.7 Å². The van der Waals surface area contributed by atoms with Gasteiger partial charge in [0, 0.05) is 32.7 Å². The van der Waals surface area contributed by atoms with E-state index in [1.165, 1.54) is 17.7 Å². The Labute approximate surface area is 170 Å². The number of carbonyl (C=O) groups excluding carboxylic acids is 2. The van der Waals surface area contributed by atoms with Crippen LogP contribution in [-0.2, 0) is 20.9 Å². The van der Waals surface area contributed by atoms with Gasteiger partial charge >= 0.3 is 11.8 Å². The van der Waals surface area contributed by atoms with E-state index in [1.807, 2.05) is 18.2 Å². The van der Waals surface area contributed by atoms with Crippen LogP contribution in [0.15, 0.2) is 54.6 Å². The topological polar surface area (TPSA) is 70.7 Å². The first-order chi connectivity index (χ1) is 14.1. The first-order valence-corrected chi connectivity index (χ1v) is 9.81. The Balaban J connectivity index is 1.32. The third-order valence-electron chi connectivity index (χ3n) is 4.83. The lowest BCUT2D eigenvalue weighted by Gasteiger charge is -2.33. The Morgan fingerprint density at radius 3 is 2.52 bits per heavy atom. The monoisotopic (exact) mass is 399 g/mol. The SMILES string of the molecule is O=C(NCCCN1CCO[C@@H](c2ccccc2)C1)C(=O)NCc1ccc(F)cc1. The number of carbonyl (C=O) groups is 2. The van der Waals surface area contributed by atoms with Gasteiger partial charge in [0.15, 0.2) is 0 Å². The predicted octanol–water partition coefficient (Wildman–Crippen LogP) is 2.02. The number of amides is 2. The van der Waals surface area contributed by atoms with Crippen molar-refractivity contribution in [1.82, 2.24) is 15.5 Å². The number of nitrogens with one attached hydrogen (secondary N) is 2. The maximum absolute atomic E-state index is 12.9. The Bertz CT molecular complexity index is 799. The molecule has 0 bridgehead atoms. The number of morpholine rings is 1. The molecule has 2 aromatic rings. The standard InChI is InChI=1S/C22H26FN3O3/c23-19-9-7-17(8-10-19)15-25-22(28)21(27)24-11-4-12-26-13-14-29-20(16-26)18-5-2-1-3-6-18/h1-3,5-10,20H,4,11-16H2,(H,24,27)(H,25,28)/t20-/m1/s1. The van der Waals surface area contributed by atoms with E-state index >= 15 is 0 Å². The van der Waals surface area contributed by atoms with Crippen LogP contribution >= 0.6 is 0 Å². The summed E-state index contributed by atoms with van der Waals surface area (Å²) in [6, 6.07) is 15.9. The van der Waals surface area contributed by atoms with E-state index in [-0.39, 0.29) is 18.5 Å². The molecule has 7 heteroatoms. The summed E-state index contributed by atoms with van der Waals surface area (Å²) in [5.41, 5.74) is 1.90. The molecule has 2 N–H and O–H groups in total. The van der Waals surface area contributed by atoms with Gasteiger partial charge in [-0.15, -0.1) is 0 Å². The molecular formula is C22H26FN3O3. The summed E-state index contributed by atoms with van der Waals surface area (Å²) in [4.78, 5) is 26.1. The average Bonchev–Trinajstić information content (AvgIpc) is 2.77. The molecule has 2 aromatic carbocycles. The highest BCUT2D eigenvalue weighted by atomic mass is 19.1. The summed E-state index contributed by atoms with van der Waals surface area (Å²) in [5.74, 6) is -1.69. The molecule has 1 fully saturated rings. The Morgan fingerprint density at radius 1 is 1.03 bits per heavy atom. The van der Waals surface area contributed by atoms with Crippen LogP contribution in [0.2, 0.25) is 0 Å². The molecule has 1 heterocycles. The number of benzene rings is 2. The van der Waals surface area contributed by atoms with Crippen molar-refractivity contribution in [3.05, 3.63) is 71.5 Å². The molecular weight excluding hydrogens is 373 g/mol. The second-order valence-electron chi connectivity index (χ2n) is 6.99. The van der Waals surface area contributed by atoms with Crippen molar-refractivity contribution >= 4 is 11.8 Å². The second kappa shape index (κ2) is 10.7. The first kappa shape index (κ1) is 21.0. The van der Waals surface area contributed by atoms with Gasteiger partial charge < -0.3 is 15.4 Å². The van der Waals surface area contributed by atoms with Crippen LogP contribution < -0.4 is 10.6 Å². The number of nitrogens with zero attached hydrogens (tertiary/aromatic N) is 1. The highest BCUT2D eigenvalue weighted by molar-refractivity contribution is 6.35. The average molecular weight is 399 g/mol. The van der Waals surface area contributed by atoms with E-state index in [1.54, 1.807) is 12.1 Å². The normalized spacial score (nSPS) is 16.9. The number of ether oxygens (including phenoxy) is 1. The molecule has 0 aromatic heterocycles. The maximum atomic E-state index is 12.9. The van der Waals surface area contributed by atoms with E-state index in [0.717, 1.165) is 31.6 Å². The number of hydrogen-bond acceptors (Lipinski definition) is 4. The summed E-state index contributed by atoms with van der Waals surface area (Å²) in [5, 5.41) is 5.17. The van der Waals surface area contributed by atoms with Crippen molar-refractivity contribution in [1.29, 1.82) is 0 Å². The molecule has 6 nitrogen and oxygen atoms in total. The molecule has 0 unspecified atom stereocenters. The van der Waals surface area contributed by atoms with E-state index < -0.39 is 11.8 Å². The van der Waals surface area contributed by atoms with Gasteiger partial charge in [-0.25, -0.2) is 4.39 Å². The fourth-order valence-corrected chi connectivity index (χ4v) is 3.22. The molecule has 0 aliphatic carbocycles. The van der Waals surface area contributed by atoms with Gasteiger partial charge in [0.25, 0.3) is 0 Å². The minimum atomic E-state index is -0.690. The lowest BCUT2D eigenvalue weighted by atomic mass is 10.1. The molecule has 0 radical (unpaired) electrons. The molecule has 0 saturated carbocycles. The summed E-state index contributed by atoms with van der Waals surface area (Å²) in [7, 11) is 0. The smallest absolute Gasteiger partial charge is 0.309 e. The third-order valence-corrected chi connectivity index (χ3v) is 4.83. The molecule has 2 amide bonds. The van der Waals surface area contributed by atoms with Crippen LogP contribution in [-0.4, -0.2) is 49.5 Å². The maximum Gasteiger partial charge on any atom is 0.309 e. The lowest BCUT2D eigenvalue weighted by Crippen LogP contribution is -2.42. The molecule has 0 spiro atoms. The van der Waals surface area contributed by atoms with Gasteiger partial charge in [0.05, 0.1) is 12.7 Å².